The van der Waals surface area contributed by atoms with E-state index in [-0.39, 0.29) is 5.91 Å². The maximum atomic E-state index is 12.2. The number of furan rings is 1. The SMILES string of the molecule is O=C(Nc1ccc(Br)cc1)c1coc2ccccc12. The van der Waals surface area contributed by atoms with Gasteiger partial charge in [0.15, 0.2) is 0 Å². The predicted octanol–water partition coefficient (Wildman–Crippen LogP) is 4.45. The molecule has 3 aromatic rings. The minimum absolute atomic E-state index is 0.174. The molecule has 0 aliphatic heterocycles. The van der Waals surface area contributed by atoms with E-state index in [1.165, 1.54) is 6.26 Å². The van der Waals surface area contributed by atoms with Crippen LogP contribution in [0.25, 0.3) is 11.0 Å². The first-order valence-electron chi connectivity index (χ1n) is 5.77. The smallest absolute Gasteiger partial charge is 0.259 e. The van der Waals surface area contributed by atoms with Crippen molar-refractivity contribution in [3.63, 3.8) is 0 Å². The Kier molecular flexibility index (Phi) is 3.09. The van der Waals surface area contributed by atoms with Gasteiger partial charge in [-0.1, -0.05) is 34.1 Å². The van der Waals surface area contributed by atoms with E-state index in [1.54, 1.807) is 0 Å². The van der Waals surface area contributed by atoms with Crippen LogP contribution in [0.4, 0.5) is 5.69 Å². The molecule has 3 nitrogen and oxygen atoms in total. The van der Waals surface area contributed by atoms with Crippen LogP contribution in [0.5, 0.6) is 0 Å². The molecule has 0 spiro atoms. The average Bonchev–Trinajstić information content (AvgIpc) is 2.85. The van der Waals surface area contributed by atoms with Crippen molar-refractivity contribution in [2.45, 2.75) is 0 Å². The lowest BCUT2D eigenvalue weighted by atomic mass is 10.1. The third kappa shape index (κ3) is 2.39. The van der Waals surface area contributed by atoms with Gasteiger partial charge in [0.05, 0.1) is 5.56 Å². The molecule has 19 heavy (non-hydrogen) atoms. The van der Waals surface area contributed by atoms with Gasteiger partial charge >= 0.3 is 0 Å². The number of rotatable bonds is 2. The number of hydrogen-bond donors (Lipinski definition) is 1. The highest BCUT2D eigenvalue weighted by Gasteiger charge is 2.13. The molecule has 0 unspecified atom stereocenters. The zero-order valence-corrected chi connectivity index (χ0v) is 11.5. The number of benzene rings is 2. The summed E-state index contributed by atoms with van der Waals surface area (Å²) in [5.41, 5.74) is 2.00. The summed E-state index contributed by atoms with van der Waals surface area (Å²) in [5, 5.41) is 3.66. The number of amides is 1. The van der Waals surface area contributed by atoms with Crippen LogP contribution < -0.4 is 5.32 Å². The third-order valence-electron chi connectivity index (χ3n) is 2.83. The molecule has 94 valence electrons. The van der Waals surface area contributed by atoms with Crippen LogP contribution in [0.15, 0.2) is 63.7 Å². The second-order valence-corrected chi connectivity index (χ2v) is 5.02. The van der Waals surface area contributed by atoms with Gasteiger partial charge in [-0.05, 0) is 30.3 Å². The molecule has 3 rings (SSSR count). The van der Waals surface area contributed by atoms with E-state index >= 15 is 0 Å². The Morgan fingerprint density at radius 3 is 2.58 bits per heavy atom. The summed E-state index contributed by atoms with van der Waals surface area (Å²) in [6, 6.07) is 14.9. The highest BCUT2D eigenvalue weighted by molar-refractivity contribution is 9.10. The number of anilines is 1. The molecule has 4 heteroatoms. The molecular formula is C15H10BrNO2. The zero-order valence-electron chi connectivity index (χ0n) is 9.89. The maximum absolute atomic E-state index is 12.2. The van der Waals surface area contributed by atoms with Crippen LogP contribution in [-0.2, 0) is 0 Å². The molecule has 0 aliphatic rings. The van der Waals surface area contributed by atoms with Crippen LogP contribution in [0.1, 0.15) is 10.4 Å². The second kappa shape index (κ2) is 4.90. The minimum Gasteiger partial charge on any atom is -0.463 e. The van der Waals surface area contributed by atoms with Gasteiger partial charge in [-0.15, -0.1) is 0 Å². The third-order valence-corrected chi connectivity index (χ3v) is 3.36. The second-order valence-electron chi connectivity index (χ2n) is 4.11. The molecule has 1 heterocycles. The summed E-state index contributed by atoms with van der Waals surface area (Å²) < 4.78 is 6.33. The Bertz CT molecular complexity index is 731. The van der Waals surface area contributed by atoms with E-state index in [1.807, 2.05) is 48.5 Å². The molecule has 0 saturated carbocycles. The van der Waals surface area contributed by atoms with Gasteiger partial charge in [-0.3, -0.25) is 4.79 Å². The highest BCUT2D eigenvalue weighted by Crippen LogP contribution is 2.22. The van der Waals surface area contributed by atoms with Crippen molar-refractivity contribution >= 4 is 38.5 Å². The van der Waals surface area contributed by atoms with Crippen LogP contribution in [0.2, 0.25) is 0 Å². The molecule has 0 aliphatic carbocycles. The Hall–Kier alpha value is -2.07. The van der Waals surface area contributed by atoms with Crippen molar-refractivity contribution in [1.29, 1.82) is 0 Å². The maximum Gasteiger partial charge on any atom is 0.259 e. The molecule has 0 saturated heterocycles. The number of carbonyl (C=O) groups is 1. The van der Waals surface area contributed by atoms with E-state index in [2.05, 4.69) is 21.2 Å². The fraction of sp³-hybridized carbons (Fsp3) is 0. The van der Waals surface area contributed by atoms with Gasteiger partial charge in [0.1, 0.15) is 11.8 Å². The molecule has 0 bridgehead atoms. The standard InChI is InChI=1S/C15H10BrNO2/c16-10-5-7-11(8-6-10)17-15(18)13-9-19-14-4-2-1-3-12(13)14/h1-9H,(H,17,18). The largest absolute Gasteiger partial charge is 0.463 e. The highest BCUT2D eigenvalue weighted by atomic mass is 79.9. The predicted molar refractivity (Wildman–Crippen MR) is 78.3 cm³/mol. The summed E-state index contributed by atoms with van der Waals surface area (Å²) in [4.78, 5) is 12.2. The number of carbonyl (C=O) groups excluding carboxylic acids is 1. The zero-order chi connectivity index (χ0) is 13.2. The number of halogens is 1. The fourth-order valence-corrected chi connectivity index (χ4v) is 2.15. The van der Waals surface area contributed by atoms with Crippen LogP contribution in [0, 0.1) is 0 Å². The first kappa shape index (κ1) is 12.0. The van der Waals surface area contributed by atoms with Crippen molar-refractivity contribution in [1.82, 2.24) is 0 Å². The molecule has 0 fully saturated rings. The molecule has 1 aromatic heterocycles. The van der Waals surface area contributed by atoms with E-state index < -0.39 is 0 Å². The number of nitrogens with one attached hydrogen (secondary N) is 1. The average molecular weight is 316 g/mol. The minimum atomic E-state index is -0.174. The van der Waals surface area contributed by atoms with Crippen molar-refractivity contribution in [3.05, 3.63) is 64.8 Å². The number of hydrogen-bond acceptors (Lipinski definition) is 2. The van der Waals surface area contributed by atoms with Gasteiger partial charge in [0, 0.05) is 15.5 Å². The van der Waals surface area contributed by atoms with Gasteiger partial charge in [-0.25, -0.2) is 0 Å². The van der Waals surface area contributed by atoms with Crippen molar-refractivity contribution < 1.29 is 9.21 Å². The number of fused-ring (bicyclic) bond motifs is 1. The van der Waals surface area contributed by atoms with Gasteiger partial charge in [0.2, 0.25) is 0 Å². The lowest BCUT2D eigenvalue weighted by Crippen LogP contribution is -2.11. The summed E-state index contributed by atoms with van der Waals surface area (Å²) in [6.07, 6.45) is 1.48. The van der Waals surface area contributed by atoms with Crippen LogP contribution in [-0.4, -0.2) is 5.91 Å². The Labute approximate surface area is 118 Å². The monoisotopic (exact) mass is 315 g/mol. The summed E-state index contributed by atoms with van der Waals surface area (Å²) in [5.74, 6) is -0.174. The van der Waals surface area contributed by atoms with Gasteiger partial charge in [-0.2, -0.15) is 0 Å². The first-order chi connectivity index (χ1) is 9.24. The lowest BCUT2D eigenvalue weighted by molar-refractivity contribution is 0.102. The van der Waals surface area contributed by atoms with Gasteiger partial charge in [0.25, 0.3) is 5.91 Å². The molecule has 0 radical (unpaired) electrons. The number of para-hydroxylation sites is 1. The summed E-state index contributed by atoms with van der Waals surface area (Å²) >= 11 is 3.36. The Morgan fingerprint density at radius 2 is 1.79 bits per heavy atom. The topological polar surface area (TPSA) is 42.2 Å². The normalized spacial score (nSPS) is 10.6. The first-order valence-corrected chi connectivity index (χ1v) is 6.56. The molecular weight excluding hydrogens is 306 g/mol. The molecule has 0 atom stereocenters. The van der Waals surface area contributed by atoms with E-state index in [0.717, 1.165) is 15.5 Å². The van der Waals surface area contributed by atoms with Gasteiger partial charge < -0.3 is 9.73 Å². The Balaban J connectivity index is 1.90. The van der Waals surface area contributed by atoms with E-state index in [9.17, 15) is 4.79 Å². The fourth-order valence-electron chi connectivity index (χ4n) is 1.89. The van der Waals surface area contributed by atoms with Crippen LogP contribution in [0.3, 0.4) is 0 Å². The molecule has 2 aromatic carbocycles. The van der Waals surface area contributed by atoms with E-state index in [4.69, 9.17) is 4.42 Å². The quantitative estimate of drug-likeness (QED) is 0.759. The summed E-state index contributed by atoms with van der Waals surface area (Å²) in [6.45, 7) is 0. The van der Waals surface area contributed by atoms with Crippen molar-refractivity contribution in [2.24, 2.45) is 0 Å². The molecule has 1 amide bonds. The molecule has 1 N–H and O–H groups in total. The van der Waals surface area contributed by atoms with Crippen LogP contribution >= 0.6 is 15.9 Å². The summed E-state index contributed by atoms with van der Waals surface area (Å²) in [7, 11) is 0. The Morgan fingerprint density at radius 1 is 1.05 bits per heavy atom. The van der Waals surface area contributed by atoms with E-state index in [0.29, 0.717) is 11.1 Å². The lowest BCUT2D eigenvalue weighted by Gasteiger charge is -2.03. The van der Waals surface area contributed by atoms with Crippen molar-refractivity contribution in [3.8, 4) is 0 Å². The van der Waals surface area contributed by atoms with Crippen molar-refractivity contribution in [2.75, 3.05) is 5.32 Å².